The van der Waals surface area contributed by atoms with E-state index in [-0.39, 0.29) is 0 Å². The smallest absolute Gasteiger partial charge is 0.260 e. The van der Waals surface area contributed by atoms with E-state index in [1.807, 2.05) is 42.5 Å². The van der Waals surface area contributed by atoms with E-state index in [1.165, 1.54) is 0 Å². The lowest BCUT2D eigenvalue weighted by Gasteiger charge is -2.11. The Morgan fingerprint density at radius 1 is 1.25 bits per heavy atom. The number of benzene rings is 1. The van der Waals surface area contributed by atoms with Crippen LogP contribution in [0.4, 0.5) is 0 Å². The third-order valence-electron chi connectivity index (χ3n) is 3.91. The molecule has 0 bridgehead atoms. The molecule has 0 spiro atoms. The number of hydrogen-bond acceptors (Lipinski definition) is 5. The van der Waals surface area contributed by atoms with Crippen molar-refractivity contribution in [2.75, 3.05) is 0 Å². The van der Waals surface area contributed by atoms with Gasteiger partial charge in [-0.1, -0.05) is 18.2 Å². The fourth-order valence-corrected chi connectivity index (χ4v) is 2.64. The highest BCUT2D eigenvalue weighted by atomic mass is 16.5. The molecule has 2 aromatic heterocycles. The summed E-state index contributed by atoms with van der Waals surface area (Å²) in [6.45, 7) is 0.595. The molecular formula is C17H19N5O2. The van der Waals surface area contributed by atoms with Crippen LogP contribution in [0.5, 0.6) is 0 Å². The summed E-state index contributed by atoms with van der Waals surface area (Å²) in [6.07, 6.45) is 2.67. The minimum Gasteiger partial charge on any atom is -0.322 e. The maximum Gasteiger partial charge on any atom is 0.260 e. The number of nitrogens with zero attached hydrogens (tertiary/aromatic N) is 3. The summed E-state index contributed by atoms with van der Waals surface area (Å²) in [6, 6.07) is 12.9. The number of nitrogens with one attached hydrogen (secondary N) is 1. The molecular weight excluding hydrogens is 306 g/mol. The van der Waals surface area contributed by atoms with Gasteiger partial charge in [0.25, 0.3) is 5.91 Å². The van der Waals surface area contributed by atoms with Crippen LogP contribution in [0.3, 0.4) is 0 Å². The molecule has 2 heterocycles. The van der Waals surface area contributed by atoms with Gasteiger partial charge < -0.3 is 10.3 Å². The largest absolute Gasteiger partial charge is 0.322 e. The van der Waals surface area contributed by atoms with Gasteiger partial charge in [0.2, 0.25) is 0 Å². The van der Waals surface area contributed by atoms with Crippen LogP contribution in [-0.2, 0) is 17.8 Å². The van der Waals surface area contributed by atoms with Crippen molar-refractivity contribution in [1.82, 2.24) is 20.0 Å². The van der Waals surface area contributed by atoms with Crippen LogP contribution >= 0.6 is 0 Å². The topological polar surface area (TPSA) is 106 Å². The number of aromatic nitrogens is 3. The van der Waals surface area contributed by atoms with Crippen LogP contribution in [0.2, 0.25) is 0 Å². The second-order valence-electron chi connectivity index (χ2n) is 5.55. The third-order valence-corrected chi connectivity index (χ3v) is 3.91. The molecule has 7 nitrogen and oxygen atoms in total. The van der Waals surface area contributed by atoms with Gasteiger partial charge in [0, 0.05) is 12.6 Å². The quantitative estimate of drug-likeness (QED) is 0.467. The first-order valence-corrected chi connectivity index (χ1v) is 7.72. The Morgan fingerprint density at radius 3 is 2.79 bits per heavy atom. The maximum atomic E-state index is 11.4. The molecule has 0 saturated heterocycles. The molecule has 0 aliphatic heterocycles. The minimum atomic E-state index is -0.780. The molecule has 24 heavy (non-hydrogen) atoms. The van der Waals surface area contributed by atoms with E-state index in [0.29, 0.717) is 19.4 Å². The highest BCUT2D eigenvalue weighted by Gasteiger charge is 2.16. The average Bonchev–Trinajstić information content (AvgIpc) is 2.97. The van der Waals surface area contributed by atoms with Crippen molar-refractivity contribution in [1.29, 1.82) is 0 Å². The first-order chi connectivity index (χ1) is 11.7. The molecule has 1 unspecified atom stereocenters. The monoisotopic (exact) mass is 325 g/mol. The number of hydrogen-bond donors (Lipinski definition) is 3. The molecule has 0 aliphatic carbocycles. The molecule has 0 aliphatic rings. The van der Waals surface area contributed by atoms with E-state index in [9.17, 15) is 4.79 Å². The number of imidazole rings is 1. The van der Waals surface area contributed by atoms with E-state index in [2.05, 4.69) is 14.5 Å². The number of carbonyl (C=O) groups excluding carboxylic acids is 1. The Bertz CT molecular complexity index is 831. The van der Waals surface area contributed by atoms with E-state index in [1.54, 1.807) is 11.7 Å². The number of pyridine rings is 1. The lowest BCUT2D eigenvalue weighted by molar-refractivity contribution is -0.130. The first-order valence-electron chi connectivity index (χ1n) is 7.72. The molecule has 3 aromatic rings. The molecule has 1 amide bonds. The number of nitrogens with two attached hydrogens (primary N) is 1. The molecule has 0 saturated carbocycles. The third kappa shape index (κ3) is 3.42. The van der Waals surface area contributed by atoms with Crippen LogP contribution in [-0.4, -0.2) is 31.7 Å². The van der Waals surface area contributed by atoms with Gasteiger partial charge >= 0.3 is 0 Å². The van der Waals surface area contributed by atoms with E-state index in [4.69, 9.17) is 10.9 Å². The number of amides is 1. The second kappa shape index (κ2) is 7.20. The molecule has 7 heteroatoms. The number of aryl methyl sites for hydroxylation is 1. The van der Waals surface area contributed by atoms with E-state index >= 15 is 0 Å². The molecule has 124 valence electrons. The Labute approximate surface area is 139 Å². The van der Waals surface area contributed by atoms with Gasteiger partial charge in [0.1, 0.15) is 5.82 Å². The van der Waals surface area contributed by atoms with Gasteiger partial charge in [-0.2, -0.15) is 0 Å². The predicted molar refractivity (Wildman–Crippen MR) is 89.3 cm³/mol. The number of fused-ring (bicyclic) bond motifs is 1. The Kier molecular flexibility index (Phi) is 4.83. The summed E-state index contributed by atoms with van der Waals surface area (Å²) < 4.78 is 2.08. The maximum absolute atomic E-state index is 11.4. The first kappa shape index (κ1) is 16.1. The zero-order valence-corrected chi connectivity index (χ0v) is 13.1. The van der Waals surface area contributed by atoms with E-state index < -0.39 is 11.9 Å². The molecule has 0 fully saturated rings. The van der Waals surface area contributed by atoms with Crippen LogP contribution in [0.1, 0.15) is 17.9 Å². The molecule has 0 radical (unpaired) electrons. The number of carbonyl (C=O) groups is 1. The normalized spacial score (nSPS) is 12.2. The summed E-state index contributed by atoms with van der Waals surface area (Å²) in [5, 5.41) is 8.66. The van der Waals surface area contributed by atoms with Crippen LogP contribution in [0.25, 0.3) is 11.0 Å². The van der Waals surface area contributed by atoms with Crippen molar-refractivity contribution in [2.24, 2.45) is 5.73 Å². The zero-order valence-electron chi connectivity index (χ0n) is 13.1. The predicted octanol–water partition coefficient (Wildman–Crippen LogP) is 1.24. The summed E-state index contributed by atoms with van der Waals surface area (Å²) in [5.74, 6) is 0.241. The van der Waals surface area contributed by atoms with Gasteiger partial charge in [0.15, 0.2) is 0 Å². The average molecular weight is 325 g/mol. The van der Waals surface area contributed by atoms with Gasteiger partial charge in [-0.25, -0.2) is 10.5 Å². The summed E-state index contributed by atoms with van der Waals surface area (Å²) in [7, 11) is 0. The minimum absolute atomic E-state index is 0.387. The molecule has 3 rings (SSSR count). The van der Waals surface area contributed by atoms with Crippen molar-refractivity contribution in [3.63, 3.8) is 0 Å². The standard InChI is InChI=1S/C17H19N5O2/c18-13(17(23)21-24)8-9-16-20-14-6-1-2-7-15(14)22(16)11-12-5-3-4-10-19-12/h1-7,10,13,24H,8-9,11,18H2,(H,21,23). The SMILES string of the molecule is NC(CCc1nc2ccccc2n1Cc1ccccn1)C(=O)NO. The number of rotatable bonds is 6. The van der Waals surface area contributed by atoms with Crippen molar-refractivity contribution in [3.05, 3.63) is 60.2 Å². The highest BCUT2D eigenvalue weighted by molar-refractivity contribution is 5.80. The van der Waals surface area contributed by atoms with Crippen molar-refractivity contribution in [3.8, 4) is 0 Å². The van der Waals surface area contributed by atoms with Gasteiger partial charge in [0.05, 0.1) is 29.3 Å². The fourth-order valence-electron chi connectivity index (χ4n) is 2.64. The summed E-state index contributed by atoms with van der Waals surface area (Å²) in [4.78, 5) is 20.4. The Morgan fingerprint density at radius 2 is 2.04 bits per heavy atom. The number of para-hydroxylation sites is 2. The lowest BCUT2D eigenvalue weighted by Crippen LogP contribution is -2.39. The van der Waals surface area contributed by atoms with Gasteiger partial charge in [-0.15, -0.1) is 0 Å². The summed E-state index contributed by atoms with van der Waals surface area (Å²) >= 11 is 0. The van der Waals surface area contributed by atoms with Crippen LogP contribution in [0, 0.1) is 0 Å². The molecule has 1 aromatic carbocycles. The highest BCUT2D eigenvalue weighted by Crippen LogP contribution is 2.18. The molecule has 1 atom stereocenters. The van der Waals surface area contributed by atoms with Crippen molar-refractivity contribution < 1.29 is 10.0 Å². The number of hydroxylamine groups is 1. The van der Waals surface area contributed by atoms with Crippen LogP contribution < -0.4 is 11.2 Å². The Hall–Kier alpha value is -2.77. The summed E-state index contributed by atoms with van der Waals surface area (Å²) in [5.41, 5.74) is 10.2. The van der Waals surface area contributed by atoms with Gasteiger partial charge in [-0.05, 0) is 30.7 Å². The van der Waals surface area contributed by atoms with Gasteiger partial charge in [-0.3, -0.25) is 15.0 Å². The molecule has 4 N–H and O–H groups in total. The van der Waals surface area contributed by atoms with E-state index in [0.717, 1.165) is 22.6 Å². The second-order valence-corrected chi connectivity index (χ2v) is 5.55. The van der Waals surface area contributed by atoms with Crippen molar-refractivity contribution in [2.45, 2.75) is 25.4 Å². The lowest BCUT2D eigenvalue weighted by atomic mass is 10.1. The zero-order chi connectivity index (χ0) is 16.9. The van der Waals surface area contributed by atoms with Crippen LogP contribution in [0.15, 0.2) is 48.7 Å². The van der Waals surface area contributed by atoms with Crippen molar-refractivity contribution >= 4 is 16.9 Å². The Balaban J connectivity index is 1.89. The fraction of sp³-hybridized carbons (Fsp3) is 0.235.